The molecule has 0 N–H and O–H groups in total. The number of rotatable bonds is 8. The number of halogens is 2. The summed E-state index contributed by atoms with van der Waals surface area (Å²) in [5.74, 6) is 1.15. The van der Waals surface area contributed by atoms with Crippen LogP contribution in [-0.4, -0.2) is 31.6 Å². The van der Waals surface area contributed by atoms with Gasteiger partial charge in [0.15, 0.2) is 15.8 Å². The van der Waals surface area contributed by atoms with Gasteiger partial charge >= 0.3 is 0 Å². The fourth-order valence-electron chi connectivity index (χ4n) is 3.51. The van der Waals surface area contributed by atoms with E-state index in [-0.39, 0.29) is 23.1 Å². The third kappa shape index (κ3) is 5.28. The lowest BCUT2D eigenvalue weighted by atomic mass is 10.1. The van der Waals surface area contributed by atoms with E-state index in [1.54, 1.807) is 55.7 Å². The van der Waals surface area contributed by atoms with Gasteiger partial charge in [-0.2, -0.15) is 0 Å². The zero-order valence-corrected chi connectivity index (χ0v) is 21.9. The van der Waals surface area contributed by atoms with E-state index in [1.807, 2.05) is 0 Å². The first-order chi connectivity index (χ1) is 17.4. The minimum Gasteiger partial charge on any atom is -0.497 e. The highest BCUT2D eigenvalue weighted by atomic mass is 35.5. The van der Waals surface area contributed by atoms with Gasteiger partial charge in [0.2, 0.25) is 0 Å². The van der Waals surface area contributed by atoms with Crippen LogP contribution in [0.5, 0.6) is 23.0 Å². The van der Waals surface area contributed by atoms with E-state index < -0.39 is 5.82 Å². The van der Waals surface area contributed by atoms with Crippen LogP contribution in [0.2, 0.25) is 5.02 Å². The molecular weight excluding hydrogens is 525 g/mol. The van der Waals surface area contributed by atoms with Crippen molar-refractivity contribution in [1.82, 2.24) is 0 Å². The number of thiocarbonyl (C=S) groups is 1. The summed E-state index contributed by atoms with van der Waals surface area (Å²) < 4.78 is 36.4. The molecule has 0 spiro atoms. The molecule has 1 aliphatic rings. The third-order valence-corrected chi connectivity index (χ3v) is 7.00. The molecule has 6 nitrogen and oxygen atoms in total. The van der Waals surface area contributed by atoms with Crippen LogP contribution in [0, 0.1) is 5.82 Å². The van der Waals surface area contributed by atoms with Gasteiger partial charge in [0.05, 0.1) is 36.9 Å². The van der Waals surface area contributed by atoms with Gasteiger partial charge < -0.3 is 18.9 Å². The minimum absolute atomic E-state index is 0.0672. The monoisotopic (exact) mass is 545 g/mol. The Hall–Kier alpha value is -3.27. The number of anilines is 1. The Balaban J connectivity index is 1.58. The largest absolute Gasteiger partial charge is 0.497 e. The van der Waals surface area contributed by atoms with Gasteiger partial charge in [-0.1, -0.05) is 47.7 Å². The number of carbonyl (C=O) groups excluding carboxylic acids is 1. The molecule has 0 aliphatic carbocycles. The van der Waals surface area contributed by atoms with Gasteiger partial charge in [0, 0.05) is 11.6 Å². The van der Waals surface area contributed by atoms with Gasteiger partial charge in [-0.05, 0) is 48.0 Å². The predicted octanol–water partition coefficient (Wildman–Crippen LogP) is 6.49. The fraction of sp³-hybridized carbons (Fsp3) is 0.154. The topological polar surface area (TPSA) is 57.2 Å². The molecular formula is C26H21ClFNO5S2. The molecule has 186 valence electrons. The zero-order valence-electron chi connectivity index (χ0n) is 19.5. The lowest BCUT2D eigenvalue weighted by molar-refractivity contribution is -0.113. The van der Waals surface area contributed by atoms with Crippen LogP contribution in [0.15, 0.2) is 59.5 Å². The number of methoxy groups -OCH3 is 3. The average molecular weight is 546 g/mol. The summed E-state index contributed by atoms with van der Waals surface area (Å²) in [4.78, 5) is 15.1. The van der Waals surface area contributed by atoms with Gasteiger partial charge in [0.25, 0.3) is 5.91 Å². The highest BCUT2D eigenvalue weighted by Crippen LogP contribution is 2.42. The van der Waals surface area contributed by atoms with Crippen LogP contribution in [0.4, 0.5) is 10.1 Å². The number of carbonyl (C=O) groups is 1. The predicted molar refractivity (Wildman–Crippen MR) is 144 cm³/mol. The number of hydrogen-bond donors (Lipinski definition) is 0. The van der Waals surface area contributed by atoms with Crippen molar-refractivity contribution in [2.45, 2.75) is 6.61 Å². The maximum absolute atomic E-state index is 14.1. The zero-order chi connectivity index (χ0) is 25.8. The van der Waals surface area contributed by atoms with Crippen molar-refractivity contribution in [2.75, 3.05) is 26.2 Å². The van der Waals surface area contributed by atoms with Crippen molar-refractivity contribution in [1.29, 1.82) is 0 Å². The van der Waals surface area contributed by atoms with Gasteiger partial charge in [-0.3, -0.25) is 9.69 Å². The third-order valence-electron chi connectivity index (χ3n) is 5.34. The Morgan fingerprint density at radius 3 is 2.44 bits per heavy atom. The summed E-state index contributed by atoms with van der Waals surface area (Å²) in [5, 5.41) is 0.278. The summed E-state index contributed by atoms with van der Waals surface area (Å²) in [6.45, 7) is -0.0672. The molecule has 3 aromatic rings. The van der Waals surface area contributed by atoms with E-state index in [2.05, 4.69) is 0 Å². The molecule has 0 unspecified atom stereocenters. The molecule has 0 saturated carbocycles. The van der Waals surface area contributed by atoms with Gasteiger partial charge in [0.1, 0.15) is 23.9 Å². The number of thioether (sulfide) groups is 1. The van der Waals surface area contributed by atoms with Crippen molar-refractivity contribution in [2.24, 2.45) is 0 Å². The first-order valence-electron chi connectivity index (χ1n) is 10.6. The van der Waals surface area contributed by atoms with E-state index in [0.717, 1.165) is 0 Å². The maximum Gasteiger partial charge on any atom is 0.270 e. The fourth-order valence-corrected chi connectivity index (χ4v) is 5.01. The summed E-state index contributed by atoms with van der Waals surface area (Å²) in [5.41, 5.74) is 1.44. The average Bonchev–Trinajstić information content (AvgIpc) is 3.15. The molecule has 1 saturated heterocycles. The number of nitrogens with zero attached hydrogens (tertiary/aromatic N) is 1. The van der Waals surface area contributed by atoms with Crippen LogP contribution >= 0.6 is 35.6 Å². The Kier molecular flexibility index (Phi) is 8.03. The SMILES string of the molecule is COc1ccc(OC)c(N2C(=O)/C(=C/c3ccc(OCc4c(F)cccc4Cl)c(OC)c3)SC2=S)c1. The van der Waals surface area contributed by atoms with Crippen molar-refractivity contribution in [3.05, 3.63) is 81.5 Å². The van der Waals surface area contributed by atoms with Crippen LogP contribution in [-0.2, 0) is 11.4 Å². The number of ether oxygens (including phenoxy) is 4. The minimum atomic E-state index is -0.451. The number of benzene rings is 3. The van der Waals surface area contributed by atoms with E-state index in [4.69, 9.17) is 42.8 Å². The molecule has 0 bridgehead atoms. The van der Waals surface area contributed by atoms with E-state index in [9.17, 15) is 9.18 Å². The molecule has 1 aliphatic heterocycles. The molecule has 10 heteroatoms. The van der Waals surface area contributed by atoms with Gasteiger partial charge in [-0.25, -0.2) is 4.39 Å². The number of amides is 1. The van der Waals surface area contributed by atoms with Crippen LogP contribution < -0.4 is 23.8 Å². The second kappa shape index (κ2) is 11.2. The van der Waals surface area contributed by atoms with Crippen molar-refractivity contribution >= 4 is 57.6 Å². The second-order valence-electron chi connectivity index (χ2n) is 7.45. The summed E-state index contributed by atoms with van der Waals surface area (Å²) in [6, 6.07) is 14.8. The van der Waals surface area contributed by atoms with Crippen LogP contribution in [0.3, 0.4) is 0 Å². The Labute approximate surface area is 222 Å². The molecule has 0 radical (unpaired) electrons. The summed E-state index contributed by atoms with van der Waals surface area (Å²) >= 11 is 12.8. The molecule has 1 amide bonds. The molecule has 0 aromatic heterocycles. The van der Waals surface area contributed by atoms with Crippen molar-refractivity contribution in [3.8, 4) is 23.0 Å². The lowest BCUT2D eigenvalue weighted by Crippen LogP contribution is -2.28. The van der Waals surface area contributed by atoms with Crippen molar-refractivity contribution in [3.63, 3.8) is 0 Å². The molecule has 0 atom stereocenters. The standard InChI is InChI=1S/C26H21ClFNO5S2/c1-31-16-8-10-21(32-2)20(13-16)29-25(30)24(36-26(29)35)12-15-7-9-22(23(11-15)33-3)34-14-17-18(27)5-4-6-19(17)28/h4-13H,14H2,1-3H3/b24-12-. The highest BCUT2D eigenvalue weighted by Gasteiger charge is 2.35. The molecule has 36 heavy (non-hydrogen) atoms. The first-order valence-corrected chi connectivity index (χ1v) is 12.2. The Morgan fingerprint density at radius 1 is 1.00 bits per heavy atom. The Morgan fingerprint density at radius 2 is 1.75 bits per heavy atom. The van der Waals surface area contributed by atoms with E-state index in [1.165, 1.54) is 43.0 Å². The Bertz CT molecular complexity index is 1340. The quantitative estimate of drug-likeness (QED) is 0.237. The van der Waals surface area contributed by atoms with Crippen LogP contribution in [0.1, 0.15) is 11.1 Å². The smallest absolute Gasteiger partial charge is 0.270 e. The van der Waals surface area contributed by atoms with Crippen molar-refractivity contribution < 1.29 is 28.1 Å². The van der Waals surface area contributed by atoms with Crippen LogP contribution in [0.25, 0.3) is 6.08 Å². The van der Waals surface area contributed by atoms with Gasteiger partial charge in [-0.15, -0.1) is 0 Å². The summed E-state index contributed by atoms with van der Waals surface area (Å²) in [7, 11) is 4.56. The normalized spacial score (nSPS) is 14.4. The summed E-state index contributed by atoms with van der Waals surface area (Å²) in [6.07, 6.45) is 1.71. The lowest BCUT2D eigenvalue weighted by Gasteiger charge is -2.18. The van der Waals surface area contributed by atoms with E-state index >= 15 is 0 Å². The number of hydrogen-bond acceptors (Lipinski definition) is 7. The molecule has 1 fully saturated rings. The highest BCUT2D eigenvalue weighted by molar-refractivity contribution is 8.27. The van der Waals surface area contributed by atoms with E-state index in [0.29, 0.717) is 43.5 Å². The molecule has 3 aromatic carbocycles. The maximum atomic E-state index is 14.1. The first kappa shape index (κ1) is 25.8. The molecule has 1 heterocycles. The second-order valence-corrected chi connectivity index (χ2v) is 9.54. The molecule has 4 rings (SSSR count).